The summed E-state index contributed by atoms with van der Waals surface area (Å²) < 4.78 is 4.91. The fourth-order valence-electron chi connectivity index (χ4n) is 1.05. The fraction of sp³-hybridized carbons (Fsp3) is 0.500. The lowest BCUT2D eigenvalue weighted by Crippen LogP contribution is -2.40. The van der Waals surface area contributed by atoms with E-state index in [-0.39, 0.29) is 28.8 Å². The van der Waals surface area contributed by atoms with E-state index >= 15 is 0 Å². The minimum absolute atomic E-state index is 0.0241. The van der Waals surface area contributed by atoms with Gasteiger partial charge in [-0.15, -0.1) is 0 Å². The van der Waals surface area contributed by atoms with E-state index in [4.69, 9.17) is 22.1 Å². The molecule has 1 heterocycles. The van der Waals surface area contributed by atoms with Crippen LogP contribution < -0.4 is 15.8 Å². The third-order valence-corrected chi connectivity index (χ3v) is 2.33. The van der Waals surface area contributed by atoms with Gasteiger partial charge in [0, 0.05) is 6.07 Å². The number of nitrogens with one attached hydrogen (secondary N) is 1. The molecule has 0 bridgehead atoms. The minimum atomic E-state index is -0.622. The summed E-state index contributed by atoms with van der Waals surface area (Å²) in [5.74, 6) is 0.0225. The van der Waals surface area contributed by atoms with Crippen LogP contribution in [0.1, 0.15) is 13.8 Å². The molecule has 0 aliphatic rings. The molecule has 3 N–H and O–H groups in total. The van der Waals surface area contributed by atoms with Gasteiger partial charge in [0.15, 0.2) is 0 Å². The molecule has 0 aliphatic carbocycles. The zero-order chi connectivity index (χ0) is 13.0. The van der Waals surface area contributed by atoms with Gasteiger partial charge in [0.2, 0.25) is 17.7 Å². The van der Waals surface area contributed by atoms with Gasteiger partial charge in [0.1, 0.15) is 5.15 Å². The predicted molar refractivity (Wildman–Crippen MR) is 65.0 cm³/mol. The number of carbonyl (C=O) groups excluding carboxylic acids is 1. The Morgan fingerprint density at radius 3 is 2.71 bits per heavy atom. The van der Waals surface area contributed by atoms with Gasteiger partial charge in [-0.1, -0.05) is 25.4 Å². The number of hydrogen-bond donors (Lipinski definition) is 2. The monoisotopic (exact) mass is 258 g/mol. The SMILES string of the molecule is COc1cc(Cl)nc(NC(=O)[C@H](N)C(C)C)n1. The molecular weight excluding hydrogens is 244 g/mol. The molecule has 0 saturated heterocycles. The van der Waals surface area contributed by atoms with Gasteiger partial charge in [0.05, 0.1) is 13.2 Å². The summed E-state index contributed by atoms with van der Waals surface area (Å²) in [6.45, 7) is 3.70. The Balaban J connectivity index is 2.81. The molecule has 94 valence electrons. The molecule has 0 saturated carbocycles. The van der Waals surface area contributed by atoms with Crippen molar-refractivity contribution in [1.29, 1.82) is 0 Å². The van der Waals surface area contributed by atoms with E-state index < -0.39 is 6.04 Å². The summed E-state index contributed by atoms with van der Waals surface area (Å²) in [4.78, 5) is 19.4. The highest BCUT2D eigenvalue weighted by Crippen LogP contribution is 2.16. The highest BCUT2D eigenvalue weighted by Gasteiger charge is 2.18. The van der Waals surface area contributed by atoms with Crippen LogP contribution >= 0.6 is 11.6 Å². The average molecular weight is 259 g/mol. The van der Waals surface area contributed by atoms with E-state index in [0.29, 0.717) is 0 Å². The smallest absolute Gasteiger partial charge is 0.243 e. The average Bonchev–Trinajstić information content (AvgIpc) is 2.26. The van der Waals surface area contributed by atoms with E-state index in [1.54, 1.807) is 0 Å². The maximum absolute atomic E-state index is 11.7. The number of halogens is 1. The lowest BCUT2D eigenvalue weighted by atomic mass is 10.1. The molecule has 0 fully saturated rings. The van der Waals surface area contributed by atoms with Crippen LogP contribution in [0.2, 0.25) is 5.15 Å². The minimum Gasteiger partial charge on any atom is -0.481 e. The van der Waals surface area contributed by atoms with Crippen molar-refractivity contribution in [1.82, 2.24) is 9.97 Å². The Morgan fingerprint density at radius 2 is 2.18 bits per heavy atom. The Morgan fingerprint density at radius 1 is 1.53 bits per heavy atom. The number of anilines is 1. The van der Waals surface area contributed by atoms with E-state index in [1.165, 1.54) is 13.2 Å². The number of carbonyl (C=O) groups is 1. The van der Waals surface area contributed by atoms with Crippen LogP contribution in [0, 0.1) is 5.92 Å². The fourth-order valence-corrected chi connectivity index (χ4v) is 1.23. The second-order valence-corrected chi connectivity index (χ2v) is 4.20. The molecule has 0 spiro atoms. The van der Waals surface area contributed by atoms with Gasteiger partial charge in [-0.25, -0.2) is 4.98 Å². The molecule has 0 unspecified atom stereocenters. The molecule has 6 nitrogen and oxygen atoms in total. The molecule has 17 heavy (non-hydrogen) atoms. The Bertz CT molecular complexity index is 411. The number of aromatic nitrogens is 2. The summed E-state index contributed by atoms with van der Waals surface area (Å²) in [6, 6.07) is 0.822. The van der Waals surface area contributed by atoms with Crippen LogP contribution in [0.25, 0.3) is 0 Å². The first kappa shape index (κ1) is 13.7. The van der Waals surface area contributed by atoms with Crippen LogP contribution in [0.5, 0.6) is 5.88 Å². The number of ether oxygens (including phenoxy) is 1. The van der Waals surface area contributed by atoms with Crippen LogP contribution in [0.3, 0.4) is 0 Å². The Labute approximate surface area is 105 Å². The Hall–Kier alpha value is -1.40. The third-order valence-electron chi connectivity index (χ3n) is 2.14. The molecule has 0 radical (unpaired) electrons. The topological polar surface area (TPSA) is 90.1 Å². The molecule has 1 atom stereocenters. The molecular formula is C10H15ClN4O2. The zero-order valence-corrected chi connectivity index (χ0v) is 10.7. The number of methoxy groups -OCH3 is 1. The van der Waals surface area contributed by atoms with Crippen molar-refractivity contribution in [3.63, 3.8) is 0 Å². The third kappa shape index (κ3) is 3.83. The summed E-state index contributed by atoms with van der Waals surface area (Å²) in [6.07, 6.45) is 0. The van der Waals surface area contributed by atoms with E-state index in [1.807, 2.05) is 13.8 Å². The first-order valence-corrected chi connectivity index (χ1v) is 5.47. The molecule has 7 heteroatoms. The molecule has 1 aromatic rings. The highest BCUT2D eigenvalue weighted by molar-refractivity contribution is 6.29. The summed E-state index contributed by atoms with van der Waals surface area (Å²) in [5.41, 5.74) is 5.68. The molecule has 1 aromatic heterocycles. The van der Waals surface area contributed by atoms with Crippen LogP contribution in [-0.2, 0) is 4.79 Å². The number of rotatable bonds is 4. The second kappa shape index (κ2) is 5.79. The zero-order valence-electron chi connectivity index (χ0n) is 9.90. The number of hydrogen-bond acceptors (Lipinski definition) is 5. The maximum Gasteiger partial charge on any atom is 0.243 e. The normalized spacial score (nSPS) is 12.4. The first-order chi connectivity index (χ1) is 7.93. The molecule has 1 amide bonds. The quantitative estimate of drug-likeness (QED) is 0.788. The predicted octanol–water partition coefficient (Wildman–Crippen LogP) is 1.06. The largest absolute Gasteiger partial charge is 0.481 e. The number of amides is 1. The highest BCUT2D eigenvalue weighted by atomic mass is 35.5. The van der Waals surface area contributed by atoms with Gasteiger partial charge in [-0.3, -0.25) is 10.1 Å². The van der Waals surface area contributed by atoms with Gasteiger partial charge in [-0.2, -0.15) is 4.98 Å². The van der Waals surface area contributed by atoms with E-state index in [9.17, 15) is 4.79 Å². The molecule has 1 rings (SSSR count). The number of nitrogens with zero attached hydrogens (tertiary/aromatic N) is 2. The van der Waals surface area contributed by atoms with Gasteiger partial charge >= 0.3 is 0 Å². The second-order valence-electron chi connectivity index (χ2n) is 3.82. The van der Waals surface area contributed by atoms with E-state index in [0.717, 1.165) is 0 Å². The maximum atomic E-state index is 11.7. The standard InChI is InChI=1S/C10H15ClN4O2/c1-5(2)8(12)9(16)15-10-13-6(11)4-7(14-10)17-3/h4-5,8H,12H2,1-3H3,(H,13,14,15,16)/t8-/m1/s1. The van der Waals surface area contributed by atoms with E-state index in [2.05, 4.69) is 15.3 Å². The van der Waals surface area contributed by atoms with Crippen molar-refractivity contribution in [3.8, 4) is 5.88 Å². The summed E-state index contributed by atoms with van der Waals surface area (Å²) in [5, 5.41) is 2.67. The summed E-state index contributed by atoms with van der Waals surface area (Å²) in [7, 11) is 1.45. The van der Waals surface area contributed by atoms with Gasteiger partial charge in [-0.05, 0) is 5.92 Å². The summed E-state index contributed by atoms with van der Waals surface area (Å²) >= 11 is 5.74. The van der Waals surface area contributed by atoms with Gasteiger partial charge in [0.25, 0.3) is 0 Å². The number of nitrogens with two attached hydrogens (primary N) is 1. The van der Waals surface area contributed by atoms with Gasteiger partial charge < -0.3 is 10.5 Å². The Kier molecular flexibility index (Phi) is 4.65. The van der Waals surface area contributed by atoms with Crippen molar-refractivity contribution >= 4 is 23.5 Å². The first-order valence-electron chi connectivity index (χ1n) is 5.09. The van der Waals surface area contributed by atoms with Crippen molar-refractivity contribution in [2.75, 3.05) is 12.4 Å². The molecule has 0 aromatic carbocycles. The van der Waals surface area contributed by atoms with Crippen molar-refractivity contribution in [2.45, 2.75) is 19.9 Å². The van der Waals surface area contributed by atoms with Crippen LogP contribution in [0.4, 0.5) is 5.95 Å². The van der Waals surface area contributed by atoms with Crippen LogP contribution in [0.15, 0.2) is 6.07 Å². The lowest BCUT2D eigenvalue weighted by molar-refractivity contribution is -0.118. The van der Waals surface area contributed by atoms with Crippen LogP contribution in [-0.4, -0.2) is 29.0 Å². The lowest BCUT2D eigenvalue weighted by Gasteiger charge is -2.14. The van der Waals surface area contributed by atoms with Crippen molar-refractivity contribution in [3.05, 3.63) is 11.2 Å². The van der Waals surface area contributed by atoms with Crippen molar-refractivity contribution < 1.29 is 9.53 Å². The van der Waals surface area contributed by atoms with Crippen molar-refractivity contribution in [2.24, 2.45) is 11.7 Å². The molecule has 0 aliphatic heterocycles.